The predicted octanol–water partition coefficient (Wildman–Crippen LogP) is 2.93. The summed E-state index contributed by atoms with van der Waals surface area (Å²) in [5.74, 6) is -1.05. The molecule has 1 aromatic carbocycles. The first-order valence-electron chi connectivity index (χ1n) is 10.1. The largest absolute Gasteiger partial charge is 0.459 e. The van der Waals surface area contributed by atoms with Gasteiger partial charge in [-0.15, -0.1) is 0 Å². The lowest BCUT2D eigenvalue weighted by atomic mass is 10.1. The summed E-state index contributed by atoms with van der Waals surface area (Å²) in [7, 11) is 0. The maximum absolute atomic E-state index is 12.7. The number of fused-ring (bicyclic) bond motifs is 1. The number of aromatic nitrogens is 3. The van der Waals surface area contributed by atoms with Gasteiger partial charge in [0.15, 0.2) is 5.76 Å². The number of nitrogens with zero attached hydrogens (tertiary/aromatic N) is 3. The van der Waals surface area contributed by atoms with Gasteiger partial charge >= 0.3 is 5.97 Å². The van der Waals surface area contributed by atoms with Crippen molar-refractivity contribution in [3.8, 4) is 0 Å². The molecule has 0 radical (unpaired) electrons. The van der Waals surface area contributed by atoms with E-state index in [1.54, 1.807) is 24.3 Å². The molecule has 3 heterocycles. The van der Waals surface area contributed by atoms with Gasteiger partial charge in [-0.2, -0.15) is 9.61 Å². The van der Waals surface area contributed by atoms with E-state index in [9.17, 15) is 14.4 Å². The average molecular weight is 468 g/mol. The Hall–Kier alpha value is -3.83. The van der Waals surface area contributed by atoms with Gasteiger partial charge in [0.1, 0.15) is 11.6 Å². The summed E-state index contributed by atoms with van der Waals surface area (Å²) in [5.41, 5.74) is 0.363. The van der Waals surface area contributed by atoms with Crippen LogP contribution in [0.4, 0.5) is 5.69 Å². The summed E-state index contributed by atoms with van der Waals surface area (Å²) >= 11 is 1.28. The molecule has 0 saturated carbocycles. The van der Waals surface area contributed by atoms with Crippen LogP contribution in [0.3, 0.4) is 0 Å². The number of carbonyl (C=O) groups is 2. The van der Waals surface area contributed by atoms with E-state index in [0.717, 1.165) is 5.01 Å². The maximum Gasteiger partial charge on any atom is 0.340 e. The number of hydrogen-bond donors (Lipinski definition) is 1. The van der Waals surface area contributed by atoms with E-state index >= 15 is 0 Å². The molecule has 0 unspecified atom stereocenters. The van der Waals surface area contributed by atoms with Crippen molar-refractivity contribution in [3.63, 3.8) is 0 Å². The second-order valence-corrected chi connectivity index (χ2v) is 7.82. The minimum atomic E-state index is -0.672. The van der Waals surface area contributed by atoms with Crippen molar-refractivity contribution in [2.75, 3.05) is 18.5 Å². The molecule has 0 aliphatic heterocycles. The molecule has 1 amide bonds. The molecule has 10 nitrogen and oxygen atoms in total. The predicted molar refractivity (Wildman–Crippen MR) is 120 cm³/mol. The van der Waals surface area contributed by atoms with Gasteiger partial charge in [0.05, 0.1) is 29.8 Å². The van der Waals surface area contributed by atoms with Crippen LogP contribution >= 0.6 is 11.3 Å². The highest BCUT2D eigenvalue weighted by molar-refractivity contribution is 7.16. The number of benzene rings is 1. The Morgan fingerprint density at radius 3 is 2.85 bits per heavy atom. The van der Waals surface area contributed by atoms with Crippen LogP contribution in [0.2, 0.25) is 0 Å². The Bertz CT molecular complexity index is 1330. The number of nitrogens with one attached hydrogen (secondary N) is 1. The van der Waals surface area contributed by atoms with Gasteiger partial charge in [-0.3, -0.25) is 9.59 Å². The molecule has 0 atom stereocenters. The van der Waals surface area contributed by atoms with Crippen LogP contribution in [0.15, 0.2) is 57.9 Å². The van der Waals surface area contributed by atoms with E-state index in [0.29, 0.717) is 30.3 Å². The molecule has 0 fully saturated rings. The molecule has 11 heteroatoms. The van der Waals surface area contributed by atoms with Crippen molar-refractivity contribution >= 4 is 33.9 Å². The van der Waals surface area contributed by atoms with Crippen molar-refractivity contribution in [2.24, 2.45) is 0 Å². The van der Waals surface area contributed by atoms with E-state index in [1.165, 1.54) is 40.3 Å². The van der Waals surface area contributed by atoms with Crippen molar-refractivity contribution in [2.45, 2.75) is 20.0 Å². The van der Waals surface area contributed by atoms with E-state index in [4.69, 9.17) is 13.9 Å². The Balaban J connectivity index is 1.45. The number of amides is 1. The summed E-state index contributed by atoms with van der Waals surface area (Å²) in [5, 5.41) is 7.61. The summed E-state index contributed by atoms with van der Waals surface area (Å²) in [6, 6.07) is 10.8. The van der Waals surface area contributed by atoms with Crippen LogP contribution in [0.25, 0.3) is 4.96 Å². The third-order valence-corrected chi connectivity index (χ3v) is 5.46. The summed E-state index contributed by atoms with van der Waals surface area (Å²) < 4.78 is 17.0. The topological polar surface area (TPSA) is 125 Å². The number of rotatable bonds is 9. The van der Waals surface area contributed by atoms with E-state index in [-0.39, 0.29) is 29.2 Å². The summed E-state index contributed by atoms with van der Waals surface area (Å²) in [6.45, 7) is 2.81. The van der Waals surface area contributed by atoms with E-state index < -0.39 is 11.9 Å². The van der Waals surface area contributed by atoms with Gasteiger partial charge in [0, 0.05) is 19.1 Å². The Kier molecular flexibility index (Phi) is 6.91. The van der Waals surface area contributed by atoms with Crippen molar-refractivity contribution < 1.29 is 23.5 Å². The second kappa shape index (κ2) is 10.2. The normalized spacial score (nSPS) is 10.9. The van der Waals surface area contributed by atoms with Gasteiger partial charge in [0.2, 0.25) is 4.96 Å². The second-order valence-electron chi connectivity index (χ2n) is 6.78. The van der Waals surface area contributed by atoms with Gasteiger partial charge in [-0.05, 0) is 31.2 Å². The number of furan rings is 1. The van der Waals surface area contributed by atoms with Gasteiger partial charge in [-0.1, -0.05) is 23.5 Å². The quantitative estimate of drug-likeness (QED) is 0.294. The minimum absolute atomic E-state index is 0.112. The van der Waals surface area contributed by atoms with Gasteiger partial charge in [-0.25, -0.2) is 9.78 Å². The number of ether oxygens (including phenoxy) is 2. The van der Waals surface area contributed by atoms with Crippen LogP contribution < -0.4 is 10.9 Å². The van der Waals surface area contributed by atoms with Crippen LogP contribution in [0, 0.1) is 0 Å². The monoisotopic (exact) mass is 468 g/mol. The molecule has 33 heavy (non-hydrogen) atoms. The SMILES string of the molecule is CCOCCc1nn2c(=O)cc(COC(=O)c3ccccc3NC(=O)c3ccco3)nc2s1. The van der Waals surface area contributed by atoms with Crippen LogP contribution in [0.1, 0.15) is 38.5 Å². The first-order valence-corrected chi connectivity index (χ1v) is 10.9. The molecule has 170 valence electrons. The van der Waals surface area contributed by atoms with Gasteiger partial charge in [0.25, 0.3) is 11.5 Å². The molecule has 0 saturated heterocycles. The lowest BCUT2D eigenvalue weighted by Gasteiger charge is -2.10. The molecule has 0 bridgehead atoms. The van der Waals surface area contributed by atoms with Crippen LogP contribution in [-0.4, -0.2) is 39.7 Å². The molecule has 0 spiro atoms. The average Bonchev–Trinajstić information content (AvgIpc) is 3.48. The van der Waals surface area contributed by atoms with Crippen LogP contribution in [-0.2, 0) is 22.5 Å². The zero-order valence-corrected chi connectivity index (χ0v) is 18.5. The number of para-hydroxylation sites is 1. The standard InChI is InChI=1S/C22H20N4O6S/c1-2-30-11-9-18-25-26-19(27)12-14(23-22(26)33-18)13-32-21(29)15-6-3-4-7-16(15)24-20(28)17-8-5-10-31-17/h3-8,10,12H,2,9,11,13H2,1H3,(H,24,28). The lowest BCUT2D eigenvalue weighted by Crippen LogP contribution is -2.18. The van der Waals surface area contributed by atoms with Gasteiger partial charge < -0.3 is 19.2 Å². The third kappa shape index (κ3) is 5.33. The maximum atomic E-state index is 12.7. The molecular weight excluding hydrogens is 448 g/mol. The van der Waals surface area contributed by atoms with Crippen molar-refractivity contribution in [1.29, 1.82) is 0 Å². The fourth-order valence-corrected chi connectivity index (χ4v) is 3.85. The minimum Gasteiger partial charge on any atom is -0.459 e. The highest BCUT2D eigenvalue weighted by atomic mass is 32.1. The Labute approximate surface area is 191 Å². The van der Waals surface area contributed by atoms with Crippen LogP contribution in [0.5, 0.6) is 0 Å². The van der Waals surface area contributed by atoms with Crippen molar-refractivity contribution in [3.05, 3.63) is 81.1 Å². The first kappa shape index (κ1) is 22.4. The van der Waals surface area contributed by atoms with Crippen molar-refractivity contribution in [1.82, 2.24) is 14.6 Å². The molecule has 4 aromatic rings. The highest BCUT2D eigenvalue weighted by Crippen LogP contribution is 2.19. The highest BCUT2D eigenvalue weighted by Gasteiger charge is 2.17. The lowest BCUT2D eigenvalue weighted by molar-refractivity contribution is 0.0469. The Morgan fingerprint density at radius 2 is 2.06 bits per heavy atom. The zero-order chi connectivity index (χ0) is 23.2. The molecular formula is C22H20N4O6S. The number of carbonyl (C=O) groups excluding carboxylic acids is 2. The third-order valence-electron chi connectivity index (χ3n) is 4.50. The zero-order valence-electron chi connectivity index (χ0n) is 17.6. The number of hydrogen-bond acceptors (Lipinski definition) is 9. The van der Waals surface area contributed by atoms with E-state index in [1.807, 2.05) is 6.92 Å². The molecule has 1 N–H and O–H groups in total. The molecule has 0 aliphatic carbocycles. The molecule has 0 aliphatic rings. The number of anilines is 1. The summed E-state index contributed by atoms with van der Waals surface area (Å²) in [4.78, 5) is 42.1. The van der Waals surface area contributed by atoms with E-state index in [2.05, 4.69) is 15.4 Å². The first-order chi connectivity index (χ1) is 16.0. The fourth-order valence-electron chi connectivity index (χ4n) is 2.95. The molecule has 3 aromatic heterocycles. The smallest absolute Gasteiger partial charge is 0.340 e. The number of esters is 1. The Morgan fingerprint density at radius 1 is 1.21 bits per heavy atom. The molecule has 4 rings (SSSR count). The summed E-state index contributed by atoms with van der Waals surface area (Å²) in [6.07, 6.45) is 1.96. The fraction of sp³-hybridized carbons (Fsp3) is 0.227.